The molecule has 0 saturated carbocycles. The van der Waals surface area contributed by atoms with Gasteiger partial charge in [0.15, 0.2) is 0 Å². The predicted octanol–water partition coefficient (Wildman–Crippen LogP) is 3.62. The van der Waals surface area contributed by atoms with E-state index in [0.29, 0.717) is 18.0 Å². The molecule has 0 spiro atoms. The molecule has 0 heterocycles. The first kappa shape index (κ1) is 12.8. The fraction of sp³-hybridized carbons (Fsp3) is 0.143. The summed E-state index contributed by atoms with van der Waals surface area (Å²) in [5.41, 5.74) is 7.46. The molecule has 2 aromatic carbocycles. The van der Waals surface area contributed by atoms with Crippen LogP contribution in [0.1, 0.15) is 5.56 Å². The van der Waals surface area contributed by atoms with Gasteiger partial charge in [0.05, 0.1) is 12.8 Å². The molecule has 0 aliphatic heterocycles. The Morgan fingerprint density at radius 2 is 1.83 bits per heavy atom. The Morgan fingerprint density at radius 3 is 2.44 bits per heavy atom. The summed E-state index contributed by atoms with van der Waals surface area (Å²) in [5.74, 6) is 1.51. The van der Waals surface area contributed by atoms with Crippen LogP contribution < -0.4 is 15.2 Å². The highest BCUT2D eigenvalue weighted by molar-refractivity contribution is 9.10. The first-order chi connectivity index (χ1) is 8.69. The van der Waals surface area contributed by atoms with Crippen LogP contribution in [0.15, 0.2) is 46.9 Å². The maximum Gasteiger partial charge on any atom is 0.141 e. The summed E-state index contributed by atoms with van der Waals surface area (Å²) in [5, 5.41) is 0. The molecule has 0 atom stereocenters. The Bertz CT molecular complexity index is 526. The van der Waals surface area contributed by atoms with Gasteiger partial charge in [-0.25, -0.2) is 0 Å². The third kappa shape index (κ3) is 3.17. The van der Waals surface area contributed by atoms with Crippen LogP contribution in [0.3, 0.4) is 0 Å². The van der Waals surface area contributed by atoms with Crippen LogP contribution in [-0.2, 0) is 6.61 Å². The Balaban J connectivity index is 2.02. The third-order valence-electron chi connectivity index (χ3n) is 2.51. The van der Waals surface area contributed by atoms with Crippen molar-refractivity contribution < 1.29 is 9.47 Å². The second-order valence-electron chi connectivity index (χ2n) is 3.82. The maximum atomic E-state index is 5.83. The van der Waals surface area contributed by atoms with Crippen LogP contribution in [0.4, 0.5) is 5.69 Å². The highest BCUT2D eigenvalue weighted by Gasteiger charge is 2.01. The van der Waals surface area contributed by atoms with E-state index in [1.54, 1.807) is 7.11 Å². The van der Waals surface area contributed by atoms with Gasteiger partial charge in [0.1, 0.15) is 18.1 Å². The molecular weight excluding hydrogens is 294 g/mol. The monoisotopic (exact) mass is 307 g/mol. The van der Waals surface area contributed by atoms with E-state index in [2.05, 4.69) is 15.9 Å². The van der Waals surface area contributed by atoms with Crippen LogP contribution in [0, 0.1) is 0 Å². The van der Waals surface area contributed by atoms with E-state index in [4.69, 9.17) is 15.2 Å². The van der Waals surface area contributed by atoms with Gasteiger partial charge in [-0.1, -0.05) is 22.0 Å². The number of benzene rings is 2. The minimum atomic E-state index is 0.482. The lowest BCUT2D eigenvalue weighted by Gasteiger charge is -2.09. The molecule has 2 aromatic rings. The second-order valence-corrected chi connectivity index (χ2v) is 4.73. The molecular formula is C14H14BrNO2. The van der Waals surface area contributed by atoms with Gasteiger partial charge in [0.25, 0.3) is 0 Å². The van der Waals surface area contributed by atoms with Crippen LogP contribution >= 0.6 is 15.9 Å². The van der Waals surface area contributed by atoms with E-state index in [-0.39, 0.29) is 0 Å². The number of halogens is 1. The van der Waals surface area contributed by atoms with Gasteiger partial charge in [-0.15, -0.1) is 0 Å². The number of hydrogen-bond acceptors (Lipinski definition) is 3. The third-order valence-corrected chi connectivity index (χ3v) is 3.04. The number of nitrogen functional groups attached to an aromatic ring is 1. The van der Waals surface area contributed by atoms with Gasteiger partial charge in [-0.05, 0) is 42.0 Å². The zero-order valence-corrected chi connectivity index (χ0v) is 11.6. The fourth-order valence-corrected chi connectivity index (χ4v) is 1.84. The van der Waals surface area contributed by atoms with Gasteiger partial charge in [0, 0.05) is 4.47 Å². The van der Waals surface area contributed by atoms with Gasteiger partial charge in [-0.2, -0.15) is 0 Å². The van der Waals surface area contributed by atoms with E-state index < -0.39 is 0 Å². The lowest BCUT2D eigenvalue weighted by atomic mass is 10.2. The first-order valence-electron chi connectivity index (χ1n) is 5.50. The number of rotatable bonds is 4. The summed E-state index contributed by atoms with van der Waals surface area (Å²) in [6.45, 7) is 0.482. The van der Waals surface area contributed by atoms with Crippen LogP contribution in [-0.4, -0.2) is 7.11 Å². The van der Waals surface area contributed by atoms with E-state index in [1.807, 2.05) is 42.5 Å². The smallest absolute Gasteiger partial charge is 0.141 e. The summed E-state index contributed by atoms with van der Waals surface area (Å²) in [7, 11) is 1.60. The highest BCUT2D eigenvalue weighted by Crippen LogP contribution is 2.23. The predicted molar refractivity (Wildman–Crippen MR) is 75.9 cm³/mol. The van der Waals surface area contributed by atoms with Crippen molar-refractivity contribution in [1.29, 1.82) is 0 Å². The molecule has 2 rings (SSSR count). The van der Waals surface area contributed by atoms with Crippen molar-refractivity contribution >= 4 is 21.6 Å². The standard InChI is InChI=1S/C14H14BrNO2/c1-17-14-7-2-10(8-13(14)16)9-18-12-5-3-11(15)4-6-12/h2-8H,9,16H2,1H3. The molecule has 0 aromatic heterocycles. The SMILES string of the molecule is COc1ccc(COc2ccc(Br)cc2)cc1N. The molecule has 4 heteroatoms. The van der Waals surface area contributed by atoms with Crippen LogP contribution in [0.25, 0.3) is 0 Å². The van der Waals surface area contributed by atoms with E-state index >= 15 is 0 Å². The van der Waals surface area contributed by atoms with Gasteiger partial charge >= 0.3 is 0 Å². The summed E-state index contributed by atoms with van der Waals surface area (Å²) in [6, 6.07) is 13.4. The highest BCUT2D eigenvalue weighted by atomic mass is 79.9. The normalized spacial score (nSPS) is 10.1. The summed E-state index contributed by atoms with van der Waals surface area (Å²) < 4.78 is 11.8. The number of anilines is 1. The second kappa shape index (κ2) is 5.78. The van der Waals surface area contributed by atoms with Crippen molar-refractivity contribution in [3.8, 4) is 11.5 Å². The molecule has 94 valence electrons. The van der Waals surface area contributed by atoms with Gasteiger partial charge in [-0.3, -0.25) is 0 Å². The molecule has 3 nitrogen and oxygen atoms in total. The quantitative estimate of drug-likeness (QED) is 0.877. The Kier molecular flexibility index (Phi) is 4.10. The van der Waals surface area contributed by atoms with Gasteiger partial charge < -0.3 is 15.2 Å². The van der Waals surface area contributed by atoms with Crippen molar-refractivity contribution in [3.05, 3.63) is 52.5 Å². The van der Waals surface area contributed by atoms with Gasteiger partial charge in [0.2, 0.25) is 0 Å². The molecule has 0 aliphatic rings. The Labute approximate surface area is 115 Å². The van der Waals surface area contributed by atoms with Crippen molar-refractivity contribution in [3.63, 3.8) is 0 Å². The zero-order chi connectivity index (χ0) is 13.0. The topological polar surface area (TPSA) is 44.5 Å². The summed E-state index contributed by atoms with van der Waals surface area (Å²) in [4.78, 5) is 0. The molecule has 0 radical (unpaired) electrons. The molecule has 0 bridgehead atoms. The minimum Gasteiger partial charge on any atom is -0.495 e. The lowest BCUT2D eigenvalue weighted by molar-refractivity contribution is 0.306. The van der Waals surface area contributed by atoms with Crippen LogP contribution in [0.2, 0.25) is 0 Å². The molecule has 0 fully saturated rings. The van der Waals surface area contributed by atoms with Crippen LogP contribution in [0.5, 0.6) is 11.5 Å². The summed E-state index contributed by atoms with van der Waals surface area (Å²) >= 11 is 3.38. The fourth-order valence-electron chi connectivity index (χ4n) is 1.57. The van der Waals surface area contributed by atoms with E-state index in [9.17, 15) is 0 Å². The van der Waals surface area contributed by atoms with E-state index in [1.165, 1.54) is 0 Å². The molecule has 0 aliphatic carbocycles. The van der Waals surface area contributed by atoms with E-state index in [0.717, 1.165) is 15.8 Å². The molecule has 18 heavy (non-hydrogen) atoms. The molecule has 0 unspecified atom stereocenters. The van der Waals surface area contributed by atoms with Crippen molar-refractivity contribution in [2.45, 2.75) is 6.61 Å². The molecule has 2 N–H and O–H groups in total. The first-order valence-corrected chi connectivity index (χ1v) is 6.29. The minimum absolute atomic E-state index is 0.482. The average Bonchev–Trinajstić information content (AvgIpc) is 2.38. The number of hydrogen-bond donors (Lipinski definition) is 1. The number of ether oxygens (including phenoxy) is 2. The van der Waals surface area contributed by atoms with Crippen molar-refractivity contribution in [2.75, 3.05) is 12.8 Å². The average molecular weight is 308 g/mol. The molecule has 0 amide bonds. The maximum absolute atomic E-state index is 5.83. The van der Waals surface area contributed by atoms with Crippen molar-refractivity contribution in [2.24, 2.45) is 0 Å². The van der Waals surface area contributed by atoms with Crippen molar-refractivity contribution in [1.82, 2.24) is 0 Å². The lowest BCUT2D eigenvalue weighted by Crippen LogP contribution is -1.98. The number of nitrogens with two attached hydrogens (primary N) is 1. The zero-order valence-electron chi connectivity index (χ0n) is 10.0. The Hall–Kier alpha value is -1.68. The Morgan fingerprint density at radius 1 is 1.11 bits per heavy atom. The summed E-state index contributed by atoms with van der Waals surface area (Å²) in [6.07, 6.45) is 0. The molecule has 0 saturated heterocycles. The largest absolute Gasteiger partial charge is 0.495 e. The number of methoxy groups -OCH3 is 1.